The van der Waals surface area contributed by atoms with Crippen LogP contribution in [0.25, 0.3) is 0 Å². The van der Waals surface area contributed by atoms with Crippen molar-refractivity contribution >= 4 is 5.69 Å². The summed E-state index contributed by atoms with van der Waals surface area (Å²) in [4.78, 5) is 2.35. The van der Waals surface area contributed by atoms with Crippen LogP contribution < -0.4 is 9.64 Å². The number of ether oxygens (including phenoxy) is 1. The minimum Gasteiger partial charge on any atom is -0.508 e. The van der Waals surface area contributed by atoms with Crippen LogP contribution in [0, 0.1) is 13.8 Å². The monoisotopic (exact) mass is 311 g/mol. The maximum Gasteiger partial charge on any atom is 0.146 e. The Kier molecular flexibility index (Phi) is 4.20. The van der Waals surface area contributed by atoms with Gasteiger partial charge in [0.1, 0.15) is 17.6 Å². The van der Waals surface area contributed by atoms with Crippen LogP contribution in [0.5, 0.6) is 11.5 Å². The molecule has 1 heterocycles. The van der Waals surface area contributed by atoms with E-state index in [4.69, 9.17) is 4.74 Å². The molecule has 122 valence electrons. The number of rotatable bonds is 3. The van der Waals surface area contributed by atoms with E-state index < -0.39 is 0 Å². The number of benzene rings is 2. The minimum absolute atomic E-state index is 0.0915. The van der Waals surface area contributed by atoms with Crippen LogP contribution in [0.1, 0.15) is 30.5 Å². The van der Waals surface area contributed by atoms with Crippen molar-refractivity contribution in [3.63, 3.8) is 0 Å². The smallest absolute Gasteiger partial charge is 0.146 e. The highest BCUT2D eigenvalue weighted by atomic mass is 16.5. The van der Waals surface area contributed by atoms with Crippen molar-refractivity contribution in [3.8, 4) is 11.5 Å². The molecule has 0 spiro atoms. The van der Waals surface area contributed by atoms with E-state index in [1.54, 1.807) is 12.1 Å². The van der Waals surface area contributed by atoms with Crippen LogP contribution in [0.15, 0.2) is 36.4 Å². The normalized spacial score (nSPS) is 17.1. The van der Waals surface area contributed by atoms with E-state index in [-0.39, 0.29) is 11.9 Å². The highest BCUT2D eigenvalue weighted by Crippen LogP contribution is 2.37. The van der Waals surface area contributed by atoms with E-state index in [2.05, 4.69) is 50.8 Å². The zero-order valence-electron chi connectivity index (χ0n) is 14.3. The summed E-state index contributed by atoms with van der Waals surface area (Å²) >= 11 is 0. The average molecular weight is 311 g/mol. The zero-order valence-corrected chi connectivity index (χ0v) is 14.3. The molecule has 2 aromatic carbocycles. The van der Waals surface area contributed by atoms with Gasteiger partial charge in [-0.3, -0.25) is 0 Å². The third kappa shape index (κ3) is 3.29. The molecule has 0 saturated carbocycles. The van der Waals surface area contributed by atoms with Gasteiger partial charge in [-0.2, -0.15) is 0 Å². The van der Waals surface area contributed by atoms with Crippen molar-refractivity contribution in [2.75, 3.05) is 11.4 Å². The lowest BCUT2D eigenvalue weighted by atomic mass is 10.0. The second-order valence-corrected chi connectivity index (χ2v) is 6.76. The van der Waals surface area contributed by atoms with Crippen LogP contribution in [0.3, 0.4) is 0 Å². The molecule has 1 N–H and O–H groups in total. The van der Waals surface area contributed by atoms with Crippen LogP contribution in [0.4, 0.5) is 5.69 Å². The first-order valence-corrected chi connectivity index (χ1v) is 8.26. The Morgan fingerprint density at radius 3 is 2.61 bits per heavy atom. The van der Waals surface area contributed by atoms with Gasteiger partial charge in [0.2, 0.25) is 0 Å². The molecule has 0 aromatic heterocycles. The summed E-state index contributed by atoms with van der Waals surface area (Å²) in [5.41, 5.74) is 4.99. The van der Waals surface area contributed by atoms with Gasteiger partial charge in [0, 0.05) is 18.5 Å². The number of aryl methyl sites for hydroxylation is 2. The molecule has 1 aliphatic heterocycles. The van der Waals surface area contributed by atoms with Crippen LogP contribution in [-0.4, -0.2) is 23.8 Å². The zero-order chi connectivity index (χ0) is 16.6. The molecule has 3 heteroatoms. The van der Waals surface area contributed by atoms with Gasteiger partial charge in [0.15, 0.2) is 0 Å². The molecular weight excluding hydrogens is 286 g/mol. The van der Waals surface area contributed by atoms with Gasteiger partial charge in [-0.15, -0.1) is 0 Å². The van der Waals surface area contributed by atoms with Gasteiger partial charge in [-0.1, -0.05) is 18.2 Å². The predicted octanol–water partition coefficient (Wildman–Crippen LogP) is 4.23. The fourth-order valence-electron chi connectivity index (χ4n) is 3.16. The Morgan fingerprint density at radius 2 is 1.91 bits per heavy atom. The maximum atomic E-state index is 9.76. The first-order valence-electron chi connectivity index (χ1n) is 8.26. The molecule has 0 aliphatic carbocycles. The number of hydrogen-bond donors (Lipinski definition) is 1. The molecule has 1 unspecified atom stereocenters. The molecule has 0 saturated heterocycles. The van der Waals surface area contributed by atoms with Gasteiger partial charge in [-0.25, -0.2) is 0 Å². The number of aromatic hydroxyl groups is 1. The third-order valence-electron chi connectivity index (χ3n) is 4.60. The summed E-state index contributed by atoms with van der Waals surface area (Å²) in [6.07, 6.45) is 0.966. The fraction of sp³-hybridized carbons (Fsp3) is 0.400. The predicted molar refractivity (Wildman–Crippen MR) is 94.6 cm³/mol. The number of hydrogen-bond acceptors (Lipinski definition) is 3. The van der Waals surface area contributed by atoms with Gasteiger partial charge in [-0.05, 0) is 56.5 Å². The summed E-state index contributed by atoms with van der Waals surface area (Å²) in [6.45, 7) is 9.52. The van der Waals surface area contributed by atoms with Crippen LogP contribution >= 0.6 is 0 Å². The van der Waals surface area contributed by atoms with Crippen molar-refractivity contribution in [2.24, 2.45) is 0 Å². The van der Waals surface area contributed by atoms with Crippen molar-refractivity contribution in [2.45, 2.75) is 46.3 Å². The maximum absolute atomic E-state index is 9.76. The van der Waals surface area contributed by atoms with E-state index in [1.165, 1.54) is 16.7 Å². The standard InChI is InChI=1S/C20H25NO2/c1-13(2)21-12-18(10-16-6-5-14(3)15(4)9-16)23-20-11-17(22)7-8-19(20)21/h5-9,11,13,18,22H,10,12H2,1-4H3. The number of fused-ring (bicyclic) bond motifs is 1. The molecule has 0 radical (unpaired) electrons. The highest BCUT2D eigenvalue weighted by molar-refractivity contribution is 5.63. The van der Waals surface area contributed by atoms with E-state index in [1.807, 2.05) is 6.07 Å². The van der Waals surface area contributed by atoms with Gasteiger partial charge in [0.25, 0.3) is 0 Å². The molecule has 3 nitrogen and oxygen atoms in total. The van der Waals surface area contributed by atoms with E-state index >= 15 is 0 Å². The van der Waals surface area contributed by atoms with E-state index in [9.17, 15) is 5.11 Å². The Hall–Kier alpha value is -2.16. The number of anilines is 1. The Bertz CT molecular complexity index is 709. The van der Waals surface area contributed by atoms with E-state index in [0.29, 0.717) is 6.04 Å². The number of phenols is 1. The second-order valence-electron chi connectivity index (χ2n) is 6.76. The number of phenolic OH excluding ortho intramolecular Hbond substituents is 1. The summed E-state index contributed by atoms with van der Waals surface area (Å²) in [5.74, 6) is 1.03. The molecule has 1 atom stereocenters. The van der Waals surface area contributed by atoms with Crippen molar-refractivity contribution < 1.29 is 9.84 Å². The minimum atomic E-state index is 0.0915. The quantitative estimate of drug-likeness (QED) is 0.921. The Labute approximate surface area is 138 Å². The molecule has 1 aliphatic rings. The third-order valence-corrected chi connectivity index (χ3v) is 4.60. The molecule has 0 amide bonds. The lowest BCUT2D eigenvalue weighted by molar-refractivity contribution is 0.190. The van der Waals surface area contributed by atoms with E-state index in [0.717, 1.165) is 24.4 Å². The summed E-state index contributed by atoms with van der Waals surface area (Å²) in [6, 6.07) is 12.4. The lowest BCUT2D eigenvalue weighted by Crippen LogP contribution is -2.44. The first-order chi connectivity index (χ1) is 10.9. The first kappa shape index (κ1) is 15.7. The Morgan fingerprint density at radius 1 is 1.13 bits per heavy atom. The van der Waals surface area contributed by atoms with Gasteiger partial charge >= 0.3 is 0 Å². The topological polar surface area (TPSA) is 32.7 Å². The molecule has 0 fully saturated rings. The molecular formula is C20H25NO2. The number of nitrogens with zero attached hydrogens (tertiary/aromatic N) is 1. The summed E-state index contributed by atoms with van der Waals surface area (Å²) in [7, 11) is 0. The SMILES string of the molecule is Cc1ccc(CC2CN(C(C)C)c3ccc(O)cc3O2)cc1C. The summed E-state index contributed by atoms with van der Waals surface area (Å²) < 4.78 is 6.17. The van der Waals surface area contributed by atoms with Gasteiger partial charge < -0.3 is 14.7 Å². The largest absolute Gasteiger partial charge is 0.508 e. The van der Waals surface area contributed by atoms with Crippen LogP contribution in [0.2, 0.25) is 0 Å². The van der Waals surface area contributed by atoms with Gasteiger partial charge in [0.05, 0.1) is 12.2 Å². The highest BCUT2D eigenvalue weighted by Gasteiger charge is 2.27. The van der Waals surface area contributed by atoms with Crippen molar-refractivity contribution in [1.29, 1.82) is 0 Å². The van der Waals surface area contributed by atoms with Crippen molar-refractivity contribution in [1.82, 2.24) is 0 Å². The molecule has 3 rings (SSSR count). The summed E-state index contributed by atoms with van der Waals surface area (Å²) in [5, 5.41) is 9.76. The molecule has 0 bridgehead atoms. The average Bonchev–Trinajstić information content (AvgIpc) is 2.49. The van der Waals surface area contributed by atoms with Crippen molar-refractivity contribution in [3.05, 3.63) is 53.1 Å². The second kappa shape index (κ2) is 6.15. The fourth-order valence-corrected chi connectivity index (χ4v) is 3.16. The molecule has 23 heavy (non-hydrogen) atoms. The Balaban J connectivity index is 1.85. The lowest BCUT2D eigenvalue weighted by Gasteiger charge is -2.39. The molecule has 2 aromatic rings. The van der Waals surface area contributed by atoms with Crippen LogP contribution in [-0.2, 0) is 6.42 Å².